The maximum atomic E-state index is 14.1. The molecule has 10 heteroatoms. The average Bonchev–Trinajstić information content (AvgIpc) is 3.19. The summed E-state index contributed by atoms with van der Waals surface area (Å²) in [7, 11) is 0. The molecule has 6 nitrogen and oxygen atoms in total. The Bertz CT molecular complexity index is 1260. The minimum absolute atomic E-state index is 0.162. The monoisotopic (exact) mass is 475 g/mol. The number of aliphatic hydroxyl groups excluding tert-OH is 1. The van der Waals surface area contributed by atoms with Crippen molar-refractivity contribution in [3.8, 4) is 17.2 Å². The summed E-state index contributed by atoms with van der Waals surface area (Å²) in [5.41, 5.74) is 2.09. The van der Waals surface area contributed by atoms with E-state index in [1.807, 2.05) is 6.92 Å². The number of hydrogen-bond donors (Lipinski definition) is 2. The molecule has 1 unspecified atom stereocenters. The number of aryl methyl sites for hydroxylation is 1. The molecular formula is C24H21F4N3O3. The number of aliphatic hydroxyl groups is 1. The van der Waals surface area contributed by atoms with E-state index in [0.29, 0.717) is 35.9 Å². The third kappa shape index (κ3) is 5.46. The number of imidazole rings is 1. The van der Waals surface area contributed by atoms with Crippen LogP contribution in [0.2, 0.25) is 0 Å². The third-order valence-corrected chi connectivity index (χ3v) is 5.03. The third-order valence-electron chi connectivity index (χ3n) is 5.03. The number of benzene rings is 2. The molecule has 0 fully saturated rings. The molecule has 0 amide bonds. The van der Waals surface area contributed by atoms with Crippen molar-refractivity contribution >= 4 is 5.65 Å². The van der Waals surface area contributed by atoms with Crippen LogP contribution in [0.5, 0.6) is 17.2 Å². The van der Waals surface area contributed by atoms with Crippen LogP contribution in [0, 0.1) is 5.82 Å². The predicted molar refractivity (Wildman–Crippen MR) is 116 cm³/mol. The largest absolute Gasteiger partial charge is 0.573 e. The second kappa shape index (κ2) is 9.70. The Morgan fingerprint density at radius 3 is 2.24 bits per heavy atom. The van der Waals surface area contributed by atoms with Crippen LogP contribution in [0.1, 0.15) is 30.1 Å². The second-order valence-electron chi connectivity index (χ2n) is 7.40. The Morgan fingerprint density at radius 2 is 1.62 bits per heavy atom. The van der Waals surface area contributed by atoms with Crippen LogP contribution in [0.4, 0.5) is 17.6 Å². The van der Waals surface area contributed by atoms with E-state index in [4.69, 9.17) is 4.74 Å². The van der Waals surface area contributed by atoms with Crippen LogP contribution in [0.15, 0.2) is 66.9 Å². The van der Waals surface area contributed by atoms with Gasteiger partial charge in [0.15, 0.2) is 11.5 Å². The van der Waals surface area contributed by atoms with Gasteiger partial charge in [-0.1, -0.05) is 19.1 Å². The van der Waals surface area contributed by atoms with Gasteiger partial charge in [0.05, 0.1) is 11.4 Å². The first-order chi connectivity index (χ1) is 16.2. The van der Waals surface area contributed by atoms with Gasteiger partial charge in [-0.3, -0.25) is 9.72 Å². The fourth-order valence-corrected chi connectivity index (χ4v) is 3.48. The summed E-state index contributed by atoms with van der Waals surface area (Å²) >= 11 is 0. The minimum Gasteiger partial charge on any atom is -0.457 e. The van der Waals surface area contributed by atoms with Gasteiger partial charge in [-0.05, 0) is 60.5 Å². The van der Waals surface area contributed by atoms with Gasteiger partial charge in [0.2, 0.25) is 0 Å². The van der Waals surface area contributed by atoms with E-state index in [-0.39, 0.29) is 11.4 Å². The van der Waals surface area contributed by atoms with E-state index >= 15 is 0 Å². The highest BCUT2D eigenvalue weighted by Crippen LogP contribution is 2.28. The Hall–Kier alpha value is -3.63. The first kappa shape index (κ1) is 23.5. The van der Waals surface area contributed by atoms with E-state index in [0.717, 1.165) is 5.56 Å². The zero-order chi connectivity index (χ0) is 24.3. The normalized spacial score (nSPS) is 12.6. The molecule has 0 radical (unpaired) electrons. The van der Waals surface area contributed by atoms with E-state index in [9.17, 15) is 22.7 Å². The molecule has 34 heavy (non-hydrogen) atoms. The van der Waals surface area contributed by atoms with Crippen molar-refractivity contribution in [3.05, 3.63) is 89.6 Å². The molecule has 0 bridgehead atoms. The molecule has 0 saturated heterocycles. The van der Waals surface area contributed by atoms with E-state index in [2.05, 4.69) is 15.0 Å². The maximum absolute atomic E-state index is 14.1. The summed E-state index contributed by atoms with van der Waals surface area (Å²) in [5, 5.41) is 13.7. The van der Waals surface area contributed by atoms with Gasteiger partial charge in [-0.25, -0.2) is 9.37 Å². The van der Waals surface area contributed by atoms with Crippen molar-refractivity contribution in [1.29, 1.82) is 0 Å². The highest BCUT2D eigenvalue weighted by Gasteiger charge is 2.31. The lowest BCUT2D eigenvalue weighted by atomic mass is 10.2. The van der Waals surface area contributed by atoms with Gasteiger partial charge in [0.1, 0.15) is 23.5 Å². The minimum atomic E-state index is -4.75. The zero-order valence-corrected chi connectivity index (χ0v) is 18.0. The first-order valence-electron chi connectivity index (χ1n) is 10.4. The summed E-state index contributed by atoms with van der Waals surface area (Å²) in [6, 6.07) is 14.9. The van der Waals surface area contributed by atoms with E-state index < -0.39 is 18.4 Å². The standard InChI is InChI=1S/C24H21F4N3O3/c1-2-20-21(31-13-3-4-19(25)22(31)30-20)23(32)29-14-15-5-7-16(8-6-15)33-17-9-11-18(12-10-17)34-24(26,27)28/h3-13,23,29,32H,2,14H2,1H3. The second-order valence-corrected chi connectivity index (χ2v) is 7.40. The van der Waals surface area contributed by atoms with Gasteiger partial charge in [0.25, 0.3) is 0 Å². The summed E-state index contributed by atoms with van der Waals surface area (Å²) in [5.74, 6) is 0.0376. The van der Waals surface area contributed by atoms with Gasteiger partial charge in [0, 0.05) is 12.7 Å². The Kier molecular flexibility index (Phi) is 6.71. The zero-order valence-electron chi connectivity index (χ0n) is 18.0. The molecule has 1 atom stereocenters. The fraction of sp³-hybridized carbons (Fsp3) is 0.208. The van der Waals surface area contributed by atoms with Crippen molar-refractivity contribution in [2.45, 2.75) is 32.5 Å². The maximum Gasteiger partial charge on any atom is 0.573 e. The average molecular weight is 475 g/mol. The fourth-order valence-electron chi connectivity index (χ4n) is 3.48. The number of alkyl halides is 3. The van der Waals surface area contributed by atoms with Gasteiger partial charge in [-0.15, -0.1) is 13.2 Å². The van der Waals surface area contributed by atoms with Crippen molar-refractivity contribution in [2.75, 3.05) is 0 Å². The van der Waals surface area contributed by atoms with Crippen molar-refractivity contribution < 1.29 is 32.1 Å². The van der Waals surface area contributed by atoms with Crippen LogP contribution in [0.3, 0.4) is 0 Å². The topological polar surface area (TPSA) is 68.0 Å². The summed E-state index contributed by atoms with van der Waals surface area (Å²) in [6.07, 6.45) is -3.64. The molecule has 4 rings (SSSR count). The van der Waals surface area contributed by atoms with Crippen LogP contribution in [-0.2, 0) is 13.0 Å². The van der Waals surface area contributed by atoms with Crippen LogP contribution >= 0.6 is 0 Å². The Morgan fingerprint density at radius 1 is 1.00 bits per heavy atom. The molecule has 0 aliphatic rings. The summed E-state index contributed by atoms with van der Waals surface area (Å²) < 4.78 is 61.8. The molecule has 0 saturated carbocycles. The quantitative estimate of drug-likeness (QED) is 0.260. The number of ether oxygens (including phenoxy) is 2. The SMILES string of the molecule is CCc1nc2c(F)cccn2c1C(O)NCc1ccc(Oc2ccc(OC(F)(F)F)cc2)cc1. The molecular weight excluding hydrogens is 454 g/mol. The molecule has 0 aliphatic carbocycles. The number of pyridine rings is 1. The van der Waals surface area contributed by atoms with Gasteiger partial charge < -0.3 is 14.6 Å². The lowest BCUT2D eigenvalue weighted by Gasteiger charge is -2.15. The number of rotatable bonds is 8. The predicted octanol–water partition coefficient (Wildman–Crippen LogP) is 5.51. The van der Waals surface area contributed by atoms with Crippen molar-refractivity contribution in [3.63, 3.8) is 0 Å². The van der Waals surface area contributed by atoms with Gasteiger partial charge >= 0.3 is 6.36 Å². The van der Waals surface area contributed by atoms with Crippen LogP contribution in [-0.4, -0.2) is 20.9 Å². The molecule has 0 spiro atoms. The summed E-state index contributed by atoms with van der Waals surface area (Å²) in [6.45, 7) is 2.20. The first-order valence-corrected chi connectivity index (χ1v) is 10.4. The molecule has 2 heterocycles. The lowest BCUT2D eigenvalue weighted by Crippen LogP contribution is -2.22. The van der Waals surface area contributed by atoms with Crippen molar-refractivity contribution in [1.82, 2.24) is 14.7 Å². The smallest absolute Gasteiger partial charge is 0.457 e. The molecule has 4 aromatic rings. The van der Waals surface area contributed by atoms with E-state index in [1.165, 1.54) is 34.7 Å². The number of hydrogen-bond acceptors (Lipinski definition) is 5. The molecule has 178 valence electrons. The van der Waals surface area contributed by atoms with Crippen molar-refractivity contribution in [2.24, 2.45) is 0 Å². The van der Waals surface area contributed by atoms with Gasteiger partial charge in [-0.2, -0.15) is 0 Å². The number of fused-ring (bicyclic) bond motifs is 1. The number of nitrogens with one attached hydrogen (secondary N) is 1. The molecule has 2 aromatic heterocycles. The Balaban J connectivity index is 1.38. The highest BCUT2D eigenvalue weighted by atomic mass is 19.4. The molecule has 2 N–H and O–H groups in total. The molecule has 2 aromatic carbocycles. The Labute approximate surface area is 192 Å². The van der Waals surface area contributed by atoms with Crippen LogP contribution < -0.4 is 14.8 Å². The number of nitrogens with zero attached hydrogens (tertiary/aromatic N) is 2. The number of aromatic nitrogens is 2. The number of halogens is 4. The molecule has 0 aliphatic heterocycles. The summed E-state index contributed by atoms with van der Waals surface area (Å²) in [4.78, 5) is 4.29. The van der Waals surface area contributed by atoms with E-state index in [1.54, 1.807) is 36.5 Å². The highest BCUT2D eigenvalue weighted by molar-refractivity contribution is 5.45. The lowest BCUT2D eigenvalue weighted by molar-refractivity contribution is -0.274. The van der Waals surface area contributed by atoms with Crippen LogP contribution in [0.25, 0.3) is 5.65 Å².